The maximum atomic E-state index is 12.7. The molecule has 3 N–H and O–H groups in total. The number of carbonyl (C=O) groups excluding carboxylic acids is 2. The molecule has 3 rings (SSSR count). The van der Waals surface area contributed by atoms with Gasteiger partial charge in [-0.15, -0.1) is 0 Å². The number of aliphatic hydroxyl groups excluding tert-OH is 1. The van der Waals surface area contributed by atoms with E-state index >= 15 is 0 Å². The second-order valence-electron chi connectivity index (χ2n) is 7.44. The van der Waals surface area contributed by atoms with Crippen molar-refractivity contribution < 1.29 is 19.4 Å². The molecule has 1 aliphatic rings. The van der Waals surface area contributed by atoms with Gasteiger partial charge in [-0.05, 0) is 38.2 Å². The van der Waals surface area contributed by atoms with Crippen molar-refractivity contribution in [2.75, 3.05) is 33.8 Å². The van der Waals surface area contributed by atoms with Gasteiger partial charge in [0, 0.05) is 13.1 Å². The molecule has 2 amide bonds. The molecule has 0 spiro atoms. The Morgan fingerprint density at radius 2 is 1.83 bits per heavy atom. The lowest BCUT2D eigenvalue weighted by molar-refractivity contribution is -0.142. The average molecular weight is 397 g/mol. The minimum absolute atomic E-state index is 0.201. The van der Waals surface area contributed by atoms with Gasteiger partial charge < -0.3 is 20.5 Å². The first-order chi connectivity index (χ1) is 13.9. The number of hydrogen-bond donors (Lipinski definition) is 2. The Kier molecular flexibility index (Phi) is 6.20. The molecule has 1 saturated heterocycles. The molecule has 7 nitrogen and oxygen atoms in total. The van der Waals surface area contributed by atoms with Gasteiger partial charge in [-0.2, -0.15) is 0 Å². The van der Waals surface area contributed by atoms with Crippen molar-refractivity contribution in [2.24, 2.45) is 5.73 Å². The number of primary amides is 1. The van der Waals surface area contributed by atoms with E-state index in [2.05, 4.69) is 0 Å². The Labute approximate surface area is 170 Å². The summed E-state index contributed by atoms with van der Waals surface area (Å²) in [4.78, 5) is 27.8. The van der Waals surface area contributed by atoms with Gasteiger partial charge in [0.1, 0.15) is 5.75 Å². The van der Waals surface area contributed by atoms with Crippen LogP contribution in [0, 0.1) is 0 Å². The van der Waals surface area contributed by atoms with E-state index in [1.165, 1.54) is 0 Å². The third kappa shape index (κ3) is 4.11. The largest absolute Gasteiger partial charge is 0.483 e. The summed E-state index contributed by atoms with van der Waals surface area (Å²) in [7, 11) is 3.88. The number of hydrogen-bond acceptors (Lipinski definition) is 5. The molecular weight excluding hydrogens is 370 g/mol. The van der Waals surface area contributed by atoms with E-state index in [4.69, 9.17) is 10.5 Å². The summed E-state index contributed by atoms with van der Waals surface area (Å²) in [5, 5.41) is 11.0. The summed E-state index contributed by atoms with van der Waals surface area (Å²) in [5.74, 6) is -0.582. The first kappa shape index (κ1) is 20.8. The van der Waals surface area contributed by atoms with Crippen LogP contribution in [0.1, 0.15) is 22.3 Å². The highest BCUT2D eigenvalue weighted by molar-refractivity contribution is 5.95. The fourth-order valence-corrected chi connectivity index (χ4v) is 4.02. The lowest BCUT2D eigenvalue weighted by Crippen LogP contribution is -2.61. The summed E-state index contributed by atoms with van der Waals surface area (Å²) in [6, 6.07) is 16.4. The van der Waals surface area contributed by atoms with E-state index in [-0.39, 0.29) is 30.4 Å². The maximum Gasteiger partial charge on any atom is 0.260 e. The second-order valence-corrected chi connectivity index (χ2v) is 7.44. The van der Waals surface area contributed by atoms with Crippen molar-refractivity contribution in [2.45, 2.75) is 18.1 Å². The smallest absolute Gasteiger partial charge is 0.260 e. The predicted molar refractivity (Wildman–Crippen MR) is 109 cm³/mol. The van der Waals surface area contributed by atoms with Gasteiger partial charge >= 0.3 is 0 Å². The van der Waals surface area contributed by atoms with Gasteiger partial charge in [-0.25, -0.2) is 0 Å². The summed E-state index contributed by atoms with van der Waals surface area (Å²) in [5.41, 5.74) is 6.04. The molecular formula is C22H27N3O4. The van der Waals surface area contributed by atoms with Crippen molar-refractivity contribution in [3.05, 3.63) is 65.7 Å². The monoisotopic (exact) mass is 397 g/mol. The number of likely N-dealkylation sites (N-methyl/N-ethyl adjacent to an activating group) is 1. The topological polar surface area (TPSA) is 96.1 Å². The number of nitrogens with zero attached hydrogens (tertiary/aromatic N) is 2. The van der Waals surface area contributed by atoms with E-state index < -0.39 is 17.6 Å². The SMILES string of the molecule is CN(C)[C@]1(c2ccccc2)CCN(C(=O)COc2ccccc2C(N)=O)C[C@H]1O. The average Bonchev–Trinajstić information content (AvgIpc) is 2.72. The number of ether oxygens (including phenoxy) is 1. The predicted octanol–water partition coefficient (Wildman–Crippen LogP) is 1.21. The third-order valence-electron chi connectivity index (χ3n) is 5.64. The summed E-state index contributed by atoms with van der Waals surface area (Å²) in [6.07, 6.45) is -0.162. The van der Waals surface area contributed by atoms with Crippen LogP contribution in [0.4, 0.5) is 0 Å². The molecule has 0 aliphatic carbocycles. The van der Waals surface area contributed by atoms with E-state index in [1.807, 2.05) is 49.3 Å². The van der Waals surface area contributed by atoms with E-state index in [0.717, 1.165) is 5.56 Å². The van der Waals surface area contributed by atoms with Crippen molar-refractivity contribution in [1.29, 1.82) is 0 Å². The molecule has 0 unspecified atom stereocenters. The van der Waals surface area contributed by atoms with Crippen LogP contribution in [0.15, 0.2) is 54.6 Å². The van der Waals surface area contributed by atoms with Crippen LogP contribution in [0.5, 0.6) is 5.75 Å². The number of piperidine rings is 1. The molecule has 2 aromatic rings. The molecule has 2 aromatic carbocycles. The first-order valence-electron chi connectivity index (χ1n) is 9.56. The number of nitrogens with two attached hydrogens (primary N) is 1. The highest BCUT2D eigenvalue weighted by Gasteiger charge is 2.46. The molecule has 0 saturated carbocycles. The van der Waals surface area contributed by atoms with Crippen LogP contribution in [0.2, 0.25) is 0 Å². The Balaban J connectivity index is 1.69. The summed E-state index contributed by atoms with van der Waals surface area (Å²) in [6.45, 7) is 0.466. The molecule has 0 radical (unpaired) electrons. The van der Waals surface area contributed by atoms with Crippen molar-refractivity contribution in [3.63, 3.8) is 0 Å². The Morgan fingerprint density at radius 3 is 2.45 bits per heavy atom. The van der Waals surface area contributed by atoms with Crippen LogP contribution in [-0.4, -0.2) is 66.6 Å². The standard InChI is InChI=1S/C22H27N3O4/c1-24(2)22(16-8-4-3-5-9-16)12-13-25(14-19(22)26)20(27)15-29-18-11-7-6-10-17(18)21(23)28/h3-11,19,26H,12-15H2,1-2H3,(H2,23,28)/t19-,22+/m1/s1. The fourth-order valence-electron chi connectivity index (χ4n) is 4.02. The molecule has 0 aromatic heterocycles. The molecule has 154 valence electrons. The van der Waals surface area contributed by atoms with Crippen molar-refractivity contribution in [3.8, 4) is 5.75 Å². The van der Waals surface area contributed by atoms with Crippen LogP contribution in [0.3, 0.4) is 0 Å². The summed E-state index contributed by atoms with van der Waals surface area (Å²) >= 11 is 0. The zero-order valence-electron chi connectivity index (χ0n) is 16.7. The van der Waals surface area contributed by atoms with Gasteiger partial charge in [0.25, 0.3) is 11.8 Å². The van der Waals surface area contributed by atoms with Gasteiger partial charge in [0.05, 0.1) is 17.2 Å². The molecule has 0 bridgehead atoms. The Hall–Kier alpha value is -2.90. The van der Waals surface area contributed by atoms with E-state index in [0.29, 0.717) is 13.0 Å². The number of carbonyl (C=O) groups is 2. The zero-order valence-corrected chi connectivity index (χ0v) is 16.7. The Morgan fingerprint density at radius 1 is 1.17 bits per heavy atom. The van der Waals surface area contributed by atoms with Crippen molar-refractivity contribution >= 4 is 11.8 Å². The van der Waals surface area contributed by atoms with Crippen LogP contribution >= 0.6 is 0 Å². The normalized spacial score (nSPS) is 21.8. The lowest BCUT2D eigenvalue weighted by Gasteiger charge is -2.49. The van der Waals surface area contributed by atoms with Gasteiger partial charge in [0.15, 0.2) is 6.61 Å². The molecule has 29 heavy (non-hydrogen) atoms. The second kappa shape index (κ2) is 8.63. The van der Waals surface area contributed by atoms with Crippen LogP contribution in [-0.2, 0) is 10.3 Å². The number of rotatable bonds is 6. The van der Waals surface area contributed by atoms with Gasteiger partial charge in [0.2, 0.25) is 0 Å². The van der Waals surface area contributed by atoms with Crippen molar-refractivity contribution in [1.82, 2.24) is 9.80 Å². The number of likely N-dealkylation sites (tertiary alicyclic amines) is 1. The zero-order chi connectivity index (χ0) is 21.0. The lowest BCUT2D eigenvalue weighted by atomic mass is 9.77. The highest BCUT2D eigenvalue weighted by atomic mass is 16.5. The molecule has 1 aliphatic heterocycles. The number of β-amino-alcohol motifs (C(OH)–C–C–N with tert-alkyl or cyclic N) is 1. The van der Waals surface area contributed by atoms with E-state index in [9.17, 15) is 14.7 Å². The molecule has 7 heteroatoms. The highest BCUT2D eigenvalue weighted by Crippen LogP contribution is 2.37. The molecule has 1 fully saturated rings. The van der Waals surface area contributed by atoms with Gasteiger partial charge in [-0.1, -0.05) is 42.5 Å². The number of para-hydroxylation sites is 1. The number of aliphatic hydroxyl groups is 1. The number of amides is 2. The van der Waals surface area contributed by atoms with E-state index in [1.54, 1.807) is 29.2 Å². The minimum atomic E-state index is -0.754. The third-order valence-corrected chi connectivity index (χ3v) is 5.64. The maximum absolute atomic E-state index is 12.7. The molecule has 1 heterocycles. The van der Waals surface area contributed by atoms with Gasteiger partial charge in [-0.3, -0.25) is 14.5 Å². The quantitative estimate of drug-likeness (QED) is 0.764. The minimum Gasteiger partial charge on any atom is -0.483 e. The fraction of sp³-hybridized carbons (Fsp3) is 0.364. The number of benzene rings is 2. The first-order valence-corrected chi connectivity index (χ1v) is 9.56. The summed E-state index contributed by atoms with van der Waals surface area (Å²) < 4.78 is 5.55. The van der Waals surface area contributed by atoms with Crippen LogP contribution < -0.4 is 10.5 Å². The molecule has 2 atom stereocenters. The Bertz CT molecular complexity index is 871. The van der Waals surface area contributed by atoms with Crippen LogP contribution in [0.25, 0.3) is 0 Å².